The molecule has 1 aromatic heterocycles. The lowest BCUT2D eigenvalue weighted by Crippen LogP contribution is -2.36. The van der Waals surface area contributed by atoms with Gasteiger partial charge in [-0.2, -0.15) is 9.29 Å². The van der Waals surface area contributed by atoms with E-state index in [1.165, 1.54) is 25.3 Å². The number of aliphatic hydroxyl groups excluding tert-OH is 3. The first-order valence-electron chi connectivity index (χ1n) is 25.4. The molecular formula is C50H83N3O16P2. The van der Waals surface area contributed by atoms with Crippen molar-refractivity contribution in [3.63, 3.8) is 0 Å². The number of carbonyl (C=O) groups is 2. The highest BCUT2D eigenvalue weighted by molar-refractivity contribution is 7.61. The van der Waals surface area contributed by atoms with Crippen LogP contribution in [-0.2, 0) is 46.3 Å². The molecule has 0 bridgehead atoms. The lowest BCUT2D eigenvalue weighted by molar-refractivity contribution is -0.161. The summed E-state index contributed by atoms with van der Waals surface area (Å²) in [5.41, 5.74) is 4.58. The molecule has 0 spiro atoms. The van der Waals surface area contributed by atoms with E-state index >= 15 is 0 Å². The summed E-state index contributed by atoms with van der Waals surface area (Å²) in [5.74, 6) is -1.39. The van der Waals surface area contributed by atoms with Crippen molar-refractivity contribution in [2.24, 2.45) is 0 Å². The van der Waals surface area contributed by atoms with Gasteiger partial charge in [-0.25, -0.2) is 13.9 Å². The Hall–Kier alpha value is -3.58. The number of aromatic nitrogens is 2. The minimum absolute atomic E-state index is 0.0185. The molecule has 71 heavy (non-hydrogen) atoms. The Bertz CT molecular complexity index is 1940. The molecule has 2 heterocycles. The van der Waals surface area contributed by atoms with Crippen LogP contribution in [0.3, 0.4) is 0 Å². The number of phosphoric acid groups is 2. The largest absolute Gasteiger partial charge is 0.481 e. The number of esters is 2. The van der Waals surface area contributed by atoms with Crippen molar-refractivity contribution in [3.05, 3.63) is 83.5 Å². The number of hydrogen-bond acceptors (Lipinski definition) is 16. The van der Waals surface area contributed by atoms with Crippen LogP contribution in [0.25, 0.3) is 0 Å². The van der Waals surface area contributed by atoms with E-state index in [1.807, 2.05) is 18.2 Å². The van der Waals surface area contributed by atoms with Gasteiger partial charge in [0.15, 0.2) is 12.3 Å². The van der Waals surface area contributed by atoms with E-state index in [1.54, 1.807) is 6.08 Å². The number of nitrogens with zero attached hydrogens (tertiary/aromatic N) is 2. The van der Waals surface area contributed by atoms with Gasteiger partial charge >= 0.3 is 33.3 Å². The Balaban J connectivity index is 1.83. The second kappa shape index (κ2) is 38.1. The van der Waals surface area contributed by atoms with Gasteiger partial charge < -0.3 is 45.1 Å². The number of rotatable bonds is 41. The number of allylic oxidation sites excluding steroid dienone is 9. The van der Waals surface area contributed by atoms with Crippen molar-refractivity contribution >= 4 is 33.4 Å². The molecule has 1 aliphatic heterocycles. The molecule has 1 fully saturated rings. The number of phosphoric ester groups is 2. The lowest BCUT2D eigenvalue weighted by atomic mass is 10.1. The maximum atomic E-state index is 12.9. The third-order valence-electron chi connectivity index (χ3n) is 11.2. The maximum absolute atomic E-state index is 12.9. The van der Waals surface area contributed by atoms with Gasteiger partial charge in [0.25, 0.3) is 0 Å². The molecule has 7 N–H and O–H groups in total. The van der Waals surface area contributed by atoms with Crippen molar-refractivity contribution < 1.29 is 71.4 Å². The molecule has 0 saturated carbocycles. The normalized spacial score (nSPS) is 20.1. The first-order valence-corrected chi connectivity index (χ1v) is 28.4. The van der Waals surface area contributed by atoms with E-state index < -0.39 is 89.8 Å². The zero-order valence-electron chi connectivity index (χ0n) is 41.9. The summed E-state index contributed by atoms with van der Waals surface area (Å²) >= 11 is 0. The Labute approximate surface area is 420 Å². The molecule has 19 nitrogen and oxygen atoms in total. The summed E-state index contributed by atoms with van der Waals surface area (Å²) < 4.78 is 56.7. The SMILES string of the molecule is CC/C=C/C/C=C/C=C/C(O)CCCCCCCC(=O)OC[C@H](COP(=O)(O)OP(=O)(O)OC[C@H]1O[C@@H](n2ccc(N)nc2=O)[C@H](O)[C@@H]1O)OC(=O)CCCCCCCCC/C=C\C/C=C\CCCCC. The van der Waals surface area contributed by atoms with E-state index in [9.17, 15) is 48.6 Å². The molecule has 8 atom stereocenters. The number of aliphatic hydroxyl groups is 3. The number of carbonyl (C=O) groups excluding carboxylic acids is 2. The first-order chi connectivity index (χ1) is 34.1. The van der Waals surface area contributed by atoms with Gasteiger partial charge in [-0.15, -0.1) is 0 Å². The van der Waals surface area contributed by atoms with Gasteiger partial charge in [0.1, 0.15) is 30.7 Å². The summed E-state index contributed by atoms with van der Waals surface area (Å²) in [7, 11) is -10.9. The Kier molecular flexibility index (Phi) is 34.1. The van der Waals surface area contributed by atoms with Crippen molar-refractivity contribution in [2.75, 3.05) is 25.6 Å². The minimum atomic E-state index is -5.45. The molecule has 0 aromatic carbocycles. The van der Waals surface area contributed by atoms with Gasteiger partial charge in [-0.3, -0.25) is 23.2 Å². The molecule has 2 rings (SSSR count). The number of unbranched alkanes of at least 4 members (excludes halogenated alkanes) is 14. The smallest absolute Gasteiger partial charge is 0.462 e. The average molecular weight is 1040 g/mol. The summed E-state index contributed by atoms with van der Waals surface area (Å²) in [6.45, 7) is 1.89. The predicted octanol–water partition coefficient (Wildman–Crippen LogP) is 9.30. The van der Waals surface area contributed by atoms with Crippen LogP contribution in [0.4, 0.5) is 5.82 Å². The summed E-state index contributed by atoms with van der Waals surface area (Å²) in [4.78, 5) is 61.9. The van der Waals surface area contributed by atoms with Gasteiger partial charge in [0.2, 0.25) is 0 Å². The fraction of sp³-hybridized carbons (Fsp3) is 0.680. The molecular weight excluding hydrogens is 961 g/mol. The summed E-state index contributed by atoms with van der Waals surface area (Å²) in [6, 6.07) is 1.24. The monoisotopic (exact) mass is 1040 g/mol. The zero-order chi connectivity index (χ0) is 52.2. The molecule has 21 heteroatoms. The zero-order valence-corrected chi connectivity index (χ0v) is 43.7. The minimum Gasteiger partial charge on any atom is -0.462 e. The lowest BCUT2D eigenvalue weighted by Gasteiger charge is -2.21. The second-order valence-corrected chi connectivity index (χ2v) is 20.5. The third-order valence-corrected chi connectivity index (χ3v) is 13.8. The highest BCUT2D eigenvalue weighted by Gasteiger charge is 2.46. The van der Waals surface area contributed by atoms with E-state index in [0.717, 1.165) is 107 Å². The van der Waals surface area contributed by atoms with E-state index in [2.05, 4.69) is 59.6 Å². The Morgan fingerprint density at radius 2 is 1.35 bits per heavy atom. The summed E-state index contributed by atoms with van der Waals surface area (Å²) in [5, 5.41) is 31.1. The highest BCUT2D eigenvalue weighted by atomic mass is 31.3. The van der Waals surface area contributed by atoms with Crippen LogP contribution in [0.2, 0.25) is 0 Å². The number of hydrogen-bond donors (Lipinski definition) is 6. The van der Waals surface area contributed by atoms with E-state index in [0.29, 0.717) is 19.3 Å². The molecule has 0 amide bonds. The number of nitrogen functional groups attached to an aromatic ring is 1. The van der Waals surface area contributed by atoms with Gasteiger partial charge in [-0.1, -0.05) is 145 Å². The molecule has 0 aliphatic carbocycles. The van der Waals surface area contributed by atoms with Crippen molar-refractivity contribution in [1.82, 2.24) is 9.55 Å². The fourth-order valence-corrected chi connectivity index (χ4v) is 9.34. The van der Waals surface area contributed by atoms with Crippen LogP contribution in [0.1, 0.15) is 168 Å². The van der Waals surface area contributed by atoms with Gasteiger partial charge in [0, 0.05) is 19.0 Å². The van der Waals surface area contributed by atoms with Crippen molar-refractivity contribution in [3.8, 4) is 0 Å². The quantitative estimate of drug-likeness (QED) is 0.0117. The van der Waals surface area contributed by atoms with Gasteiger partial charge in [-0.05, 0) is 70.3 Å². The molecule has 1 aromatic rings. The van der Waals surface area contributed by atoms with Crippen LogP contribution in [0.15, 0.2) is 77.8 Å². The van der Waals surface area contributed by atoms with Crippen LogP contribution in [0, 0.1) is 0 Å². The van der Waals surface area contributed by atoms with Crippen LogP contribution >= 0.6 is 15.6 Å². The molecule has 0 radical (unpaired) electrons. The third kappa shape index (κ3) is 30.9. The molecule has 404 valence electrons. The molecule has 1 saturated heterocycles. The van der Waals surface area contributed by atoms with E-state index in [-0.39, 0.29) is 18.7 Å². The first kappa shape index (κ1) is 63.5. The van der Waals surface area contributed by atoms with Gasteiger partial charge in [0.05, 0.1) is 19.3 Å². The predicted molar refractivity (Wildman–Crippen MR) is 272 cm³/mol. The van der Waals surface area contributed by atoms with Crippen molar-refractivity contribution in [1.29, 1.82) is 0 Å². The average Bonchev–Trinajstić information content (AvgIpc) is 3.60. The molecule has 3 unspecified atom stereocenters. The molecule has 1 aliphatic rings. The van der Waals surface area contributed by atoms with Crippen LogP contribution < -0.4 is 11.4 Å². The number of anilines is 1. The number of ether oxygens (including phenoxy) is 3. The van der Waals surface area contributed by atoms with E-state index in [4.69, 9.17) is 29.0 Å². The maximum Gasteiger partial charge on any atom is 0.481 e. The number of nitrogens with two attached hydrogens (primary N) is 1. The highest BCUT2D eigenvalue weighted by Crippen LogP contribution is 2.60. The second-order valence-electron chi connectivity index (χ2n) is 17.5. The fourth-order valence-electron chi connectivity index (χ4n) is 7.23. The Morgan fingerprint density at radius 1 is 0.761 bits per heavy atom. The van der Waals surface area contributed by atoms with Crippen LogP contribution in [-0.4, -0.2) is 96.9 Å². The Morgan fingerprint density at radius 3 is 2.01 bits per heavy atom. The van der Waals surface area contributed by atoms with Crippen molar-refractivity contribution in [2.45, 2.75) is 198 Å². The van der Waals surface area contributed by atoms with Crippen LogP contribution in [0.5, 0.6) is 0 Å². The standard InChI is InChI=1S/C50H83N3O16P2/c1-3-5-7-9-11-12-13-14-15-16-17-18-19-20-22-26-31-35-46(56)67-42(38-64-45(55)34-30-27-23-25-29-33-41(54)32-28-24-21-10-8-6-4-2)39-65-70(60,61)69-71(62,63)66-40-43-47(57)48(58)49(68-43)53-37-36-44(51)52-50(53)59/h6,8,11-12,14-15,21,24,28,32,36-37,41-43,47-49,54,57-58H,3-5,7,9-10,13,16-20,22-23,25-27,29-31,33-35,38-40H2,1-2H3,(H,60,61)(H,62,63)(H2,51,52,59)/b8-6+,12-11-,15-14-,24-21+,32-28+/t41?,42-,43-,47-,48-,49-/m1/s1. The summed E-state index contributed by atoms with van der Waals surface area (Å²) in [6.07, 6.45) is 33.1. The topological polar surface area (TPSA) is 286 Å².